The molecule has 2 heterocycles. The molecule has 1 aliphatic carbocycles. The molecule has 1 aromatic carbocycles. The molecule has 132 valence electrons. The summed E-state index contributed by atoms with van der Waals surface area (Å²) in [6.45, 7) is 7.48. The van der Waals surface area contributed by atoms with Crippen LogP contribution in [0.5, 0.6) is 0 Å². The number of rotatable bonds is 1. The Hall–Kier alpha value is -1.94. The van der Waals surface area contributed by atoms with Crippen LogP contribution in [0, 0.1) is 6.92 Å². The molecular formula is C21H26N2O2. The van der Waals surface area contributed by atoms with Gasteiger partial charge in [-0.25, -0.2) is 0 Å². The van der Waals surface area contributed by atoms with Gasteiger partial charge in [-0.3, -0.25) is 9.78 Å². The highest BCUT2D eigenvalue weighted by atomic mass is 16.5. The number of ether oxygens (including phenoxy) is 1. The summed E-state index contributed by atoms with van der Waals surface area (Å²) in [5, 5.41) is 1.01. The van der Waals surface area contributed by atoms with Crippen LogP contribution in [0.3, 0.4) is 0 Å². The Balaban J connectivity index is 1.86. The molecule has 1 aliphatic heterocycles. The van der Waals surface area contributed by atoms with Gasteiger partial charge in [-0.2, -0.15) is 0 Å². The van der Waals surface area contributed by atoms with Crippen molar-refractivity contribution in [2.75, 3.05) is 13.1 Å². The fourth-order valence-corrected chi connectivity index (χ4v) is 4.28. The highest BCUT2D eigenvalue weighted by Crippen LogP contribution is 2.31. The lowest BCUT2D eigenvalue weighted by Crippen LogP contribution is -2.48. The number of hydrogen-bond acceptors (Lipinski definition) is 3. The second-order valence-corrected chi connectivity index (χ2v) is 7.61. The van der Waals surface area contributed by atoms with E-state index < -0.39 is 0 Å². The first-order valence-corrected chi connectivity index (χ1v) is 9.40. The maximum Gasteiger partial charge on any atom is 0.255 e. The number of aryl methyl sites for hydroxylation is 2. The van der Waals surface area contributed by atoms with E-state index in [0.717, 1.165) is 47.8 Å². The number of nitrogens with zero attached hydrogens (tertiary/aromatic N) is 2. The van der Waals surface area contributed by atoms with Gasteiger partial charge in [0.05, 0.1) is 23.3 Å². The Bertz CT molecular complexity index is 820. The van der Waals surface area contributed by atoms with Crippen molar-refractivity contribution in [3.8, 4) is 0 Å². The fourth-order valence-electron chi connectivity index (χ4n) is 4.28. The average Bonchev–Trinajstić information content (AvgIpc) is 2.58. The van der Waals surface area contributed by atoms with E-state index in [9.17, 15) is 4.79 Å². The van der Waals surface area contributed by atoms with Crippen LogP contribution in [-0.2, 0) is 17.6 Å². The van der Waals surface area contributed by atoms with Crippen LogP contribution in [0.1, 0.15) is 53.9 Å². The van der Waals surface area contributed by atoms with Crippen molar-refractivity contribution in [3.63, 3.8) is 0 Å². The lowest BCUT2D eigenvalue weighted by Gasteiger charge is -2.36. The van der Waals surface area contributed by atoms with E-state index in [2.05, 4.69) is 25.1 Å². The lowest BCUT2D eigenvalue weighted by atomic mass is 9.88. The Morgan fingerprint density at radius 3 is 2.64 bits per heavy atom. The van der Waals surface area contributed by atoms with Crippen LogP contribution < -0.4 is 0 Å². The van der Waals surface area contributed by atoms with Crippen LogP contribution in [0.4, 0.5) is 0 Å². The number of pyridine rings is 1. The van der Waals surface area contributed by atoms with Gasteiger partial charge in [0.1, 0.15) is 0 Å². The molecular weight excluding hydrogens is 312 g/mol. The smallest absolute Gasteiger partial charge is 0.255 e. The summed E-state index contributed by atoms with van der Waals surface area (Å²) in [5.74, 6) is 0.151. The van der Waals surface area contributed by atoms with Gasteiger partial charge >= 0.3 is 0 Å². The third-order valence-corrected chi connectivity index (χ3v) is 5.34. The predicted octanol–water partition coefficient (Wildman–Crippen LogP) is 3.67. The van der Waals surface area contributed by atoms with Gasteiger partial charge in [0.2, 0.25) is 0 Å². The van der Waals surface area contributed by atoms with Crippen LogP contribution >= 0.6 is 0 Å². The third kappa shape index (κ3) is 3.04. The quantitative estimate of drug-likeness (QED) is 0.797. The zero-order chi connectivity index (χ0) is 17.6. The zero-order valence-corrected chi connectivity index (χ0v) is 15.3. The highest BCUT2D eigenvalue weighted by Gasteiger charge is 2.30. The molecule has 0 bridgehead atoms. The van der Waals surface area contributed by atoms with Crippen molar-refractivity contribution in [2.24, 2.45) is 0 Å². The predicted molar refractivity (Wildman–Crippen MR) is 99.0 cm³/mol. The molecule has 4 heteroatoms. The average molecular weight is 338 g/mol. The zero-order valence-electron chi connectivity index (χ0n) is 15.3. The topological polar surface area (TPSA) is 42.4 Å². The standard InChI is InChI=1S/C21H26N2O2/c1-13-8-9-19-17(10-13)20(16-6-4-5-7-18(16)22-19)21(24)23-11-14(2)25-15(3)12-23/h8-10,14-15H,4-7,11-12H2,1-3H3. The molecule has 25 heavy (non-hydrogen) atoms. The lowest BCUT2D eigenvalue weighted by molar-refractivity contribution is -0.0586. The van der Waals surface area contributed by atoms with Crippen LogP contribution in [0.2, 0.25) is 0 Å². The van der Waals surface area contributed by atoms with Gasteiger partial charge in [-0.05, 0) is 64.2 Å². The number of aromatic nitrogens is 1. The van der Waals surface area contributed by atoms with E-state index >= 15 is 0 Å². The van der Waals surface area contributed by atoms with Gasteiger partial charge in [0.25, 0.3) is 5.91 Å². The van der Waals surface area contributed by atoms with E-state index in [1.54, 1.807) is 0 Å². The summed E-state index contributed by atoms with van der Waals surface area (Å²) in [4.78, 5) is 20.4. The van der Waals surface area contributed by atoms with Crippen LogP contribution in [-0.4, -0.2) is 41.1 Å². The summed E-state index contributed by atoms with van der Waals surface area (Å²) in [6, 6.07) is 6.26. The molecule has 1 amide bonds. The summed E-state index contributed by atoms with van der Waals surface area (Å²) >= 11 is 0. The maximum absolute atomic E-state index is 13.5. The molecule has 0 spiro atoms. The minimum absolute atomic E-state index is 0.0818. The molecule has 2 aliphatic rings. The molecule has 2 atom stereocenters. The summed E-state index contributed by atoms with van der Waals surface area (Å²) in [6.07, 6.45) is 4.41. The Labute approximate surface area is 149 Å². The first kappa shape index (κ1) is 16.5. The summed E-state index contributed by atoms with van der Waals surface area (Å²) in [5.41, 5.74) is 5.32. The monoisotopic (exact) mass is 338 g/mol. The first-order chi connectivity index (χ1) is 12.0. The van der Waals surface area contributed by atoms with Crippen molar-refractivity contribution in [3.05, 3.63) is 40.6 Å². The summed E-state index contributed by atoms with van der Waals surface area (Å²) in [7, 11) is 0. The molecule has 0 N–H and O–H groups in total. The highest BCUT2D eigenvalue weighted by molar-refractivity contribution is 6.08. The molecule has 1 saturated heterocycles. The number of morpholine rings is 1. The van der Waals surface area contributed by atoms with Gasteiger partial charge in [-0.15, -0.1) is 0 Å². The number of amides is 1. The first-order valence-electron chi connectivity index (χ1n) is 9.40. The number of hydrogen-bond donors (Lipinski definition) is 0. The molecule has 2 unspecified atom stereocenters. The van der Waals surface area contributed by atoms with Gasteiger partial charge in [0, 0.05) is 24.2 Å². The largest absolute Gasteiger partial charge is 0.372 e. The van der Waals surface area contributed by atoms with Gasteiger partial charge in [0.15, 0.2) is 0 Å². The van der Waals surface area contributed by atoms with Gasteiger partial charge in [-0.1, -0.05) is 11.6 Å². The Morgan fingerprint density at radius 1 is 1.16 bits per heavy atom. The van der Waals surface area contributed by atoms with Crippen molar-refractivity contribution < 1.29 is 9.53 Å². The SMILES string of the molecule is Cc1ccc2nc3c(c(C(=O)N4CC(C)OC(C)C4)c2c1)CCCC3. The normalized spacial score (nSPS) is 23.6. The van der Waals surface area contributed by atoms with E-state index in [1.807, 2.05) is 18.7 Å². The molecule has 0 radical (unpaired) electrons. The maximum atomic E-state index is 13.5. The van der Waals surface area contributed by atoms with Crippen molar-refractivity contribution in [1.82, 2.24) is 9.88 Å². The summed E-state index contributed by atoms with van der Waals surface area (Å²) < 4.78 is 5.82. The second-order valence-electron chi connectivity index (χ2n) is 7.61. The Morgan fingerprint density at radius 2 is 1.88 bits per heavy atom. The molecule has 2 aromatic rings. The van der Waals surface area contributed by atoms with Crippen molar-refractivity contribution >= 4 is 16.8 Å². The van der Waals surface area contributed by atoms with Crippen LogP contribution in [0.25, 0.3) is 10.9 Å². The third-order valence-electron chi connectivity index (χ3n) is 5.34. The number of fused-ring (bicyclic) bond motifs is 2. The van der Waals surface area contributed by atoms with Crippen molar-refractivity contribution in [1.29, 1.82) is 0 Å². The van der Waals surface area contributed by atoms with Gasteiger partial charge < -0.3 is 9.64 Å². The molecule has 1 aromatic heterocycles. The number of carbonyl (C=O) groups is 1. The number of benzene rings is 1. The molecule has 4 nitrogen and oxygen atoms in total. The van der Waals surface area contributed by atoms with E-state index in [1.165, 1.54) is 11.1 Å². The fraction of sp³-hybridized carbons (Fsp3) is 0.524. The van der Waals surface area contributed by atoms with Crippen molar-refractivity contribution in [2.45, 2.75) is 58.7 Å². The van der Waals surface area contributed by atoms with E-state index in [4.69, 9.17) is 9.72 Å². The van der Waals surface area contributed by atoms with E-state index in [0.29, 0.717) is 13.1 Å². The molecule has 1 fully saturated rings. The van der Waals surface area contributed by atoms with Crippen LogP contribution in [0.15, 0.2) is 18.2 Å². The minimum atomic E-state index is 0.0818. The van der Waals surface area contributed by atoms with E-state index in [-0.39, 0.29) is 18.1 Å². The minimum Gasteiger partial charge on any atom is -0.372 e. The molecule has 0 saturated carbocycles. The second kappa shape index (κ2) is 6.41. The molecule has 4 rings (SSSR count). The Kier molecular flexibility index (Phi) is 4.24. The number of carbonyl (C=O) groups excluding carboxylic acids is 1.